The van der Waals surface area contributed by atoms with E-state index in [1.807, 2.05) is 0 Å². The molecule has 0 aliphatic carbocycles. The Hall–Kier alpha value is -0.530. The number of hydrogen-bond donors (Lipinski definition) is 1. The van der Waals surface area contributed by atoms with E-state index in [0.717, 1.165) is 18.6 Å². The molecule has 0 atom stereocenters. The molecule has 0 spiro atoms. The van der Waals surface area contributed by atoms with Crippen LogP contribution in [0.4, 0.5) is 0 Å². The molecule has 14 heavy (non-hydrogen) atoms. The van der Waals surface area contributed by atoms with Crippen LogP contribution in [0.2, 0.25) is 0 Å². The summed E-state index contributed by atoms with van der Waals surface area (Å²) in [5, 5.41) is 12.1. The van der Waals surface area contributed by atoms with Crippen LogP contribution in [0.25, 0.3) is 0 Å². The molecule has 0 rings (SSSR count). The van der Waals surface area contributed by atoms with Crippen LogP contribution in [0.3, 0.4) is 0 Å². The largest absolute Gasteiger partial charge is 0.411 e. The first-order valence-electron chi connectivity index (χ1n) is 6.04. The molecule has 0 aromatic rings. The van der Waals surface area contributed by atoms with Gasteiger partial charge in [0.15, 0.2) is 0 Å². The van der Waals surface area contributed by atoms with Gasteiger partial charge in [-0.1, -0.05) is 51.1 Å². The van der Waals surface area contributed by atoms with Gasteiger partial charge in [0.2, 0.25) is 0 Å². The smallest absolute Gasteiger partial charge is 0.0570 e. The molecular weight excluding hydrogens is 174 g/mol. The molecule has 0 unspecified atom stereocenters. The van der Waals surface area contributed by atoms with Gasteiger partial charge in [0.05, 0.1) is 5.71 Å². The molecule has 2 heteroatoms. The first-order chi connectivity index (χ1) is 6.85. The molecule has 84 valence electrons. The molecule has 0 saturated heterocycles. The number of nitrogens with zero attached hydrogens (tertiary/aromatic N) is 1. The molecule has 0 aliphatic rings. The SMILES string of the molecule is CCCCCC/C(CCCCC)=N\O. The van der Waals surface area contributed by atoms with Crippen LogP contribution < -0.4 is 0 Å². The van der Waals surface area contributed by atoms with Crippen molar-refractivity contribution in [1.82, 2.24) is 0 Å². The predicted octanol–water partition coefficient (Wildman–Crippen LogP) is 4.37. The third-order valence-electron chi connectivity index (χ3n) is 2.53. The Morgan fingerprint density at radius 3 is 1.86 bits per heavy atom. The topological polar surface area (TPSA) is 32.6 Å². The molecular formula is C12H25NO. The van der Waals surface area contributed by atoms with E-state index in [2.05, 4.69) is 19.0 Å². The summed E-state index contributed by atoms with van der Waals surface area (Å²) in [6, 6.07) is 0. The Kier molecular flexibility index (Phi) is 10.2. The van der Waals surface area contributed by atoms with Gasteiger partial charge in [-0.05, 0) is 25.7 Å². The van der Waals surface area contributed by atoms with Crippen molar-refractivity contribution in [3.63, 3.8) is 0 Å². The van der Waals surface area contributed by atoms with Crippen molar-refractivity contribution in [2.24, 2.45) is 5.16 Å². The van der Waals surface area contributed by atoms with E-state index in [1.165, 1.54) is 44.9 Å². The van der Waals surface area contributed by atoms with Crippen molar-refractivity contribution < 1.29 is 5.21 Å². The Morgan fingerprint density at radius 1 is 0.857 bits per heavy atom. The lowest BCUT2D eigenvalue weighted by molar-refractivity contribution is 0.315. The van der Waals surface area contributed by atoms with Crippen LogP contribution in [0.5, 0.6) is 0 Å². The molecule has 0 saturated carbocycles. The fourth-order valence-electron chi connectivity index (χ4n) is 1.56. The minimum atomic E-state index is 0.983. The minimum absolute atomic E-state index is 0.983. The number of unbranched alkanes of at least 4 members (excludes halogenated alkanes) is 5. The summed E-state index contributed by atoms with van der Waals surface area (Å²) >= 11 is 0. The molecule has 0 amide bonds. The van der Waals surface area contributed by atoms with Crippen molar-refractivity contribution in [2.45, 2.75) is 71.6 Å². The van der Waals surface area contributed by atoms with Crippen LogP contribution in [0.15, 0.2) is 5.16 Å². The highest BCUT2D eigenvalue weighted by atomic mass is 16.4. The highest BCUT2D eigenvalue weighted by molar-refractivity contribution is 5.83. The van der Waals surface area contributed by atoms with Crippen LogP contribution in [-0.2, 0) is 0 Å². The van der Waals surface area contributed by atoms with Crippen molar-refractivity contribution in [2.75, 3.05) is 0 Å². The van der Waals surface area contributed by atoms with E-state index in [4.69, 9.17) is 5.21 Å². The molecule has 0 aromatic carbocycles. The van der Waals surface area contributed by atoms with E-state index < -0.39 is 0 Å². The third kappa shape index (κ3) is 8.09. The summed E-state index contributed by atoms with van der Waals surface area (Å²) in [6.45, 7) is 4.40. The van der Waals surface area contributed by atoms with Gasteiger partial charge >= 0.3 is 0 Å². The van der Waals surface area contributed by atoms with E-state index in [0.29, 0.717) is 0 Å². The molecule has 0 bridgehead atoms. The Balaban J connectivity index is 3.39. The fraction of sp³-hybridized carbons (Fsp3) is 0.917. The van der Waals surface area contributed by atoms with Crippen LogP contribution in [0.1, 0.15) is 71.6 Å². The first kappa shape index (κ1) is 13.5. The van der Waals surface area contributed by atoms with Crippen LogP contribution >= 0.6 is 0 Å². The second-order valence-corrected chi connectivity index (χ2v) is 3.93. The first-order valence-corrected chi connectivity index (χ1v) is 6.04. The van der Waals surface area contributed by atoms with E-state index >= 15 is 0 Å². The lowest BCUT2D eigenvalue weighted by atomic mass is 10.0. The third-order valence-corrected chi connectivity index (χ3v) is 2.53. The van der Waals surface area contributed by atoms with Gasteiger partial charge in [-0.15, -0.1) is 0 Å². The summed E-state index contributed by atoms with van der Waals surface area (Å²) in [5.74, 6) is 0. The number of hydrogen-bond acceptors (Lipinski definition) is 2. The maximum Gasteiger partial charge on any atom is 0.0570 e. The molecule has 0 aromatic heterocycles. The lowest BCUT2D eigenvalue weighted by Crippen LogP contribution is -1.98. The fourth-order valence-corrected chi connectivity index (χ4v) is 1.56. The zero-order valence-electron chi connectivity index (χ0n) is 9.76. The van der Waals surface area contributed by atoms with Crippen molar-refractivity contribution in [3.8, 4) is 0 Å². The van der Waals surface area contributed by atoms with E-state index in [1.54, 1.807) is 0 Å². The van der Waals surface area contributed by atoms with Crippen molar-refractivity contribution >= 4 is 5.71 Å². The maximum atomic E-state index is 8.77. The summed E-state index contributed by atoms with van der Waals surface area (Å²) in [7, 11) is 0. The molecule has 2 nitrogen and oxygen atoms in total. The number of rotatable bonds is 9. The van der Waals surface area contributed by atoms with Crippen LogP contribution in [0, 0.1) is 0 Å². The second-order valence-electron chi connectivity index (χ2n) is 3.93. The zero-order valence-corrected chi connectivity index (χ0v) is 9.76. The van der Waals surface area contributed by atoms with Crippen molar-refractivity contribution in [1.29, 1.82) is 0 Å². The summed E-state index contributed by atoms with van der Waals surface area (Å²) in [5.41, 5.74) is 0.995. The molecule has 0 heterocycles. The molecule has 0 aliphatic heterocycles. The van der Waals surface area contributed by atoms with Crippen LogP contribution in [-0.4, -0.2) is 10.9 Å². The highest BCUT2D eigenvalue weighted by Crippen LogP contribution is 2.08. The van der Waals surface area contributed by atoms with E-state index in [-0.39, 0.29) is 0 Å². The monoisotopic (exact) mass is 199 g/mol. The predicted molar refractivity (Wildman–Crippen MR) is 62.1 cm³/mol. The quantitative estimate of drug-likeness (QED) is 0.254. The van der Waals surface area contributed by atoms with Gasteiger partial charge in [-0.2, -0.15) is 0 Å². The van der Waals surface area contributed by atoms with Gasteiger partial charge in [0.25, 0.3) is 0 Å². The Morgan fingerprint density at radius 2 is 1.36 bits per heavy atom. The standard InChI is InChI=1S/C12H25NO/c1-3-5-7-9-11-12(13-14)10-8-6-4-2/h14H,3-11H2,1-2H3/b13-12-. The number of oxime groups is 1. The minimum Gasteiger partial charge on any atom is -0.411 e. The van der Waals surface area contributed by atoms with Crippen molar-refractivity contribution in [3.05, 3.63) is 0 Å². The molecule has 1 N–H and O–H groups in total. The average molecular weight is 199 g/mol. The molecule has 0 fully saturated rings. The normalized spacial score (nSPS) is 12.0. The Bertz CT molecular complexity index is 143. The zero-order chi connectivity index (χ0) is 10.6. The lowest BCUT2D eigenvalue weighted by Gasteiger charge is -2.03. The van der Waals surface area contributed by atoms with Gasteiger partial charge < -0.3 is 5.21 Å². The summed E-state index contributed by atoms with van der Waals surface area (Å²) < 4.78 is 0. The Labute approximate surface area is 88.4 Å². The maximum absolute atomic E-state index is 8.77. The van der Waals surface area contributed by atoms with Gasteiger partial charge in [0, 0.05) is 0 Å². The summed E-state index contributed by atoms with van der Waals surface area (Å²) in [6.07, 6.45) is 10.6. The second kappa shape index (κ2) is 10.6. The highest BCUT2D eigenvalue weighted by Gasteiger charge is 1.99. The summed E-state index contributed by atoms with van der Waals surface area (Å²) in [4.78, 5) is 0. The van der Waals surface area contributed by atoms with Gasteiger partial charge in [0.1, 0.15) is 0 Å². The van der Waals surface area contributed by atoms with E-state index in [9.17, 15) is 0 Å². The molecule has 0 radical (unpaired) electrons. The average Bonchev–Trinajstić information content (AvgIpc) is 2.22. The van der Waals surface area contributed by atoms with Gasteiger partial charge in [-0.3, -0.25) is 0 Å². The van der Waals surface area contributed by atoms with Gasteiger partial charge in [-0.25, -0.2) is 0 Å².